The Morgan fingerprint density at radius 3 is 2.41 bits per heavy atom. The number of hydrogen-bond donors (Lipinski definition) is 1. The first kappa shape index (κ1) is 25.2. The van der Waals surface area contributed by atoms with Crippen molar-refractivity contribution in [2.75, 3.05) is 20.1 Å². The Kier molecular flexibility index (Phi) is 9.87. The molecule has 0 amide bonds. The topological polar surface area (TPSA) is 66.5 Å². The Hall–Kier alpha value is -1.85. The van der Waals surface area contributed by atoms with E-state index in [4.69, 9.17) is 4.52 Å². The SMILES string of the molecule is CCNC(=NCCc1nc(C(C)C)no1)N(C)Cc1ccc(C(F)(F)F)cc1.I. The zero-order valence-corrected chi connectivity index (χ0v) is 19.3. The summed E-state index contributed by atoms with van der Waals surface area (Å²) in [6.45, 7) is 7.50. The molecule has 0 aliphatic heterocycles. The molecule has 1 aromatic carbocycles. The van der Waals surface area contributed by atoms with E-state index in [1.807, 2.05) is 32.7 Å². The van der Waals surface area contributed by atoms with Gasteiger partial charge in [-0.15, -0.1) is 24.0 Å². The van der Waals surface area contributed by atoms with Gasteiger partial charge in [-0.1, -0.05) is 31.1 Å². The van der Waals surface area contributed by atoms with Crippen molar-refractivity contribution in [1.82, 2.24) is 20.4 Å². The van der Waals surface area contributed by atoms with Gasteiger partial charge in [0.15, 0.2) is 11.8 Å². The van der Waals surface area contributed by atoms with Gasteiger partial charge in [-0.05, 0) is 24.6 Å². The molecule has 0 aliphatic carbocycles. The fraction of sp³-hybridized carbons (Fsp3) is 0.526. The van der Waals surface area contributed by atoms with E-state index in [2.05, 4.69) is 20.4 Å². The van der Waals surface area contributed by atoms with Crippen molar-refractivity contribution >= 4 is 29.9 Å². The van der Waals surface area contributed by atoms with Gasteiger partial charge in [0.25, 0.3) is 0 Å². The average Bonchev–Trinajstić information content (AvgIpc) is 3.10. The lowest BCUT2D eigenvalue weighted by Crippen LogP contribution is -2.38. The maximum Gasteiger partial charge on any atom is 0.416 e. The highest BCUT2D eigenvalue weighted by Gasteiger charge is 2.29. The van der Waals surface area contributed by atoms with Crippen LogP contribution in [-0.2, 0) is 19.1 Å². The first-order valence-electron chi connectivity index (χ1n) is 9.18. The molecule has 0 bridgehead atoms. The molecular formula is C19H27F3IN5O. The first-order chi connectivity index (χ1) is 13.2. The molecule has 1 N–H and O–H groups in total. The highest BCUT2D eigenvalue weighted by Crippen LogP contribution is 2.29. The van der Waals surface area contributed by atoms with Crippen LogP contribution >= 0.6 is 24.0 Å². The Balaban J connectivity index is 0.00000420. The monoisotopic (exact) mass is 525 g/mol. The molecule has 1 aromatic heterocycles. The Bertz CT molecular complexity index is 775. The van der Waals surface area contributed by atoms with E-state index in [0.29, 0.717) is 43.7 Å². The Labute approximate surface area is 186 Å². The Morgan fingerprint density at radius 1 is 1.24 bits per heavy atom. The van der Waals surface area contributed by atoms with Crippen LogP contribution in [0.15, 0.2) is 33.8 Å². The molecule has 0 saturated carbocycles. The van der Waals surface area contributed by atoms with Crippen molar-refractivity contribution in [2.24, 2.45) is 4.99 Å². The summed E-state index contributed by atoms with van der Waals surface area (Å²) in [5.41, 5.74) is 0.111. The fourth-order valence-electron chi connectivity index (χ4n) is 2.48. The van der Waals surface area contributed by atoms with Gasteiger partial charge >= 0.3 is 6.18 Å². The maximum absolute atomic E-state index is 12.7. The lowest BCUT2D eigenvalue weighted by Gasteiger charge is -2.22. The van der Waals surface area contributed by atoms with Crippen molar-refractivity contribution < 1.29 is 17.7 Å². The van der Waals surface area contributed by atoms with Crippen LogP contribution in [0.2, 0.25) is 0 Å². The van der Waals surface area contributed by atoms with Gasteiger partial charge in [0.05, 0.1) is 12.1 Å². The lowest BCUT2D eigenvalue weighted by atomic mass is 10.1. The van der Waals surface area contributed by atoms with Crippen LogP contribution in [0.5, 0.6) is 0 Å². The highest BCUT2D eigenvalue weighted by molar-refractivity contribution is 14.0. The van der Waals surface area contributed by atoms with Gasteiger partial charge in [0.2, 0.25) is 5.89 Å². The van der Waals surface area contributed by atoms with Crippen LogP contribution in [0.25, 0.3) is 0 Å². The van der Waals surface area contributed by atoms with E-state index in [1.54, 1.807) is 0 Å². The summed E-state index contributed by atoms with van der Waals surface area (Å²) in [6.07, 6.45) is -3.81. The molecule has 0 fully saturated rings. The fourth-order valence-corrected chi connectivity index (χ4v) is 2.48. The van der Waals surface area contributed by atoms with Crippen LogP contribution in [0.3, 0.4) is 0 Å². The minimum atomic E-state index is -4.33. The van der Waals surface area contributed by atoms with Crippen LogP contribution in [0, 0.1) is 0 Å². The van der Waals surface area contributed by atoms with E-state index >= 15 is 0 Å². The van der Waals surface area contributed by atoms with E-state index in [9.17, 15) is 13.2 Å². The van der Waals surface area contributed by atoms with Gasteiger partial charge in [-0.2, -0.15) is 18.2 Å². The highest BCUT2D eigenvalue weighted by atomic mass is 127. The van der Waals surface area contributed by atoms with Gasteiger partial charge in [-0.25, -0.2) is 0 Å². The number of nitrogens with zero attached hydrogens (tertiary/aromatic N) is 4. The first-order valence-corrected chi connectivity index (χ1v) is 9.18. The molecule has 0 unspecified atom stereocenters. The number of alkyl halides is 3. The minimum absolute atomic E-state index is 0. The van der Waals surface area contributed by atoms with Crippen molar-refractivity contribution in [3.8, 4) is 0 Å². The molecule has 0 radical (unpaired) electrons. The predicted molar refractivity (Wildman–Crippen MR) is 116 cm³/mol. The van der Waals surface area contributed by atoms with Gasteiger partial charge < -0.3 is 14.7 Å². The molecular weight excluding hydrogens is 498 g/mol. The molecule has 6 nitrogen and oxygen atoms in total. The summed E-state index contributed by atoms with van der Waals surface area (Å²) in [5.74, 6) is 2.07. The lowest BCUT2D eigenvalue weighted by molar-refractivity contribution is -0.137. The third-order valence-corrected chi connectivity index (χ3v) is 3.98. The van der Waals surface area contributed by atoms with Crippen molar-refractivity contribution in [3.63, 3.8) is 0 Å². The molecule has 0 spiro atoms. The van der Waals surface area contributed by atoms with Crippen LogP contribution < -0.4 is 5.32 Å². The van der Waals surface area contributed by atoms with Crippen molar-refractivity contribution in [3.05, 3.63) is 47.1 Å². The molecule has 29 heavy (non-hydrogen) atoms. The molecule has 0 atom stereocenters. The average molecular weight is 525 g/mol. The van der Waals surface area contributed by atoms with E-state index in [-0.39, 0.29) is 29.9 Å². The van der Waals surface area contributed by atoms with E-state index < -0.39 is 11.7 Å². The van der Waals surface area contributed by atoms with Crippen molar-refractivity contribution in [2.45, 2.75) is 45.8 Å². The summed E-state index contributed by atoms with van der Waals surface area (Å²) in [4.78, 5) is 10.7. The third kappa shape index (κ3) is 7.82. The van der Waals surface area contributed by atoms with Gasteiger partial charge in [0, 0.05) is 32.5 Å². The summed E-state index contributed by atoms with van der Waals surface area (Å²) in [5, 5.41) is 7.10. The molecule has 0 aliphatic rings. The number of benzene rings is 1. The third-order valence-electron chi connectivity index (χ3n) is 3.98. The predicted octanol–water partition coefficient (Wildman–Crippen LogP) is 4.47. The normalized spacial score (nSPS) is 12.1. The second-order valence-corrected chi connectivity index (χ2v) is 6.74. The molecule has 162 valence electrons. The molecule has 1 heterocycles. The van der Waals surface area contributed by atoms with E-state index in [1.165, 1.54) is 12.1 Å². The summed E-state index contributed by atoms with van der Waals surface area (Å²) in [6, 6.07) is 5.15. The van der Waals surface area contributed by atoms with Crippen LogP contribution in [-0.4, -0.2) is 41.1 Å². The number of hydrogen-bond acceptors (Lipinski definition) is 4. The zero-order valence-electron chi connectivity index (χ0n) is 17.0. The smallest absolute Gasteiger partial charge is 0.357 e. The quantitative estimate of drug-likeness (QED) is 0.329. The second-order valence-electron chi connectivity index (χ2n) is 6.74. The van der Waals surface area contributed by atoms with Gasteiger partial charge in [-0.3, -0.25) is 4.99 Å². The Morgan fingerprint density at radius 2 is 1.90 bits per heavy atom. The number of aliphatic imine (C=N–C) groups is 1. The summed E-state index contributed by atoms with van der Waals surface area (Å²) in [7, 11) is 1.84. The largest absolute Gasteiger partial charge is 0.416 e. The summed E-state index contributed by atoms with van der Waals surface area (Å²) < 4.78 is 43.2. The number of rotatable bonds is 7. The standard InChI is InChI=1S/C19H26F3N5O.HI/c1-5-23-18(24-11-10-16-25-17(13(2)3)26-28-16)27(4)12-14-6-8-15(9-7-14)19(20,21)22;/h6-9,13H,5,10-12H2,1-4H3,(H,23,24);1H. The minimum Gasteiger partial charge on any atom is -0.357 e. The van der Waals surface area contributed by atoms with Gasteiger partial charge in [0.1, 0.15) is 0 Å². The maximum atomic E-state index is 12.7. The van der Waals surface area contributed by atoms with E-state index in [0.717, 1.165) is 17.7 Å². The number of guanidine groups is 1. The number of halogens is 4. The molecule has 2 rings (SSSR count). The van der Waals surface area contributed by atoms with Crippen LogP contribution in [0.4, 0.5) is 13.2 Å². The second kappa shape index (κ2) is 11.4. The number of aromatic nitrogens is 2. The molecule has 2 aromatic rings. The summed E-state index contributed by atoms with van der Waals surface area (Å²) >= 11 is 0. The van der Waals surface area contributed by atoms with Crippen molar-refractivity contribution in [1.29, 1.82) is 0 Å². The zero-order chi connectivity index (χ0) is 20.7. The van der Waals surface area contributed by atoms with Crippen LogP contribution in [0.1, 0.15) is 49.5 Å². The molecule has 10 heteroatoms. The molecule has 0 saturated heterocycles. The number of nitrogens with one attached hydrogen (secondary N) is 1.